The summed E-state index contributed by atoms with van der Waals surface area (Å²) in [6.45, 7) is 5.14. The minimum atomic E-state index is -0.959. The lowest BCUT2D eigenvalue weighted by atomic mass is 9.87. The number of halogens is 3. The van der Waals surface area contributed by atoms with E-state index in [9.17, 15) is 14.3 Å². The minimum absolute atomic E-state index is 0.111. The summed E-state index contributed by atoms with van der Waals surface area (Å²) in [5.41, 5.74) is 2.43. The average Bonchev–Trinajstić information content (AvgIpc) is 3.19. The highest BCUT2D eigenvalue weighted by molar-refractivity contribution is 5.85. The third-order valence-electron chi connectivity index (χ3n) is 7.58. The molecule has 2 aliphatic rings. The van der Waals surface area contributed by atoms with E-state index in [1.165, 1.54) is 12.1 Å². The van der Waals surface area contributed by atoms with Gasteiger partial charge < -0.3 is 14.8 Å². The van der Waals surface area contributed by atoms with Crippen LogP contribution in [0.1, 0.15) is 43.1 Å². The molecule has 9 heteroatoms. The summed E-state index contributed by atoms with van der Waals surface area (Å²) < 4.78 is 49.6. The molecule has 0 spiro atoms. The molecule has 0 radical (unpaired) electrons. The first-order valence-electron chi connectivity index (χ1n) is 12.8. The second kappa shape index (κ2) is 10.4. The van der Waals surface area contributed by atoms with Crippen LogP contribution in [0.5, 0.6) is 5.75 Å². The van der Waals surface area contributed by atoms with Gasteiger partial charge in [-0.2, -0.15) is 0 Å². The maximum absolute atomic E-state index is 15.7. The maximum Gasteiger partial charge on any atom is 0.307 e. The Morgan fingerprint density at radius 2 is 1.92 bits per heavy atom. The van der Waals surface area contributed by atoms with Crippen molar-refractivity contribution in [1.82, 2.24) is 14.8 Å². The van der Waals surface area contributed by atoms with Gasteiger partial charge in [-0.05, 0) is 31.4 Å². The van der Waals surface area contributed by atoms with Crippen LogP contribution in [0.3, 0.4) is 0 Å². The Bertz CT molecular complexity index is 1270. The van der Waals surface area contributed by atoms with Crippen LogP contribution in [0, 0.1) is 17.6 Å². The van der Waals surface area contributed by atoms with Crippen molar-refractivity contribution in [3.63, 3.8) is 0 Å². The highest BCUT2D eigenvalue weighted by atomic mass is 19.1. The Labute approximate surface area is 214 Å². The predicted molar refractivity (Wildman–Crippen MR) is 135 cm³/mol. The molecule has 3 heterocycles. The zero-order valence-electron chi connectivity index (χ0n) is 21.0. The molecule has 1 saturated heterocycles. The summed E-state index contributed by atoms with van der Waals surface area (Å²) >= 11 is 0. The molecule has 3 atom stereocenters. The number of aliphatic carboxylic acids is 1. The van der Waals surface area contributed by atoms with E-state index in [1.54, 1.807) is 6.92 Å². The lowest BCUT2D eigenvalue weighted by Crippen LogP contribution is -2.53. The van der Waals surface area contributed by atoms with Crippen molar-refractivity contribution in [3.8, 4) is 5.75 Å². The smallest absolute Gasteiger partial charge is 0.307 e. The first-order chi connectivity index (χ1) is 17.8. The van der Waals surface area contributed by atoms with Crippen LogP contribution >= 0.6 is 0 Å². The fourth-order valence-corrected chi connectivity index (χ4v) is 5.64. The number of carboxylic acid groups (broad SMARTS) is 1. The largest absolute Gasteiger partial charge is 0.488 e. The van der Waals surface area contributed by atoms with Crippen LogP contribution in [0.4, 0.5) is 13.2 Å². The number of carboxylic acids is 1. The van der Waals surface area contributed by atoms with Crippen LogP contribution in [0.25, 0.3) is 10.9 Å². The second-order valence-electron chi connectivity index (χ2n) is 10.3. The van der Waals surface area contributed by atoms with Gasteiger partial charge in [-0.25, -0.2) is 8.78 Å². The minimum Gasteiger partial charge on any atom is -0.488 e. The highest BCUT2D eigenvalue weighted by Crippen LogP contribution is 2.43. The normalized spacial score (nSPS) is 21.5. The van der Waals surface area contributed by atoms with E-state index in [4.69, 9.17) is 4.74 Å². The third kappa shape index (κ3) is 4.94. The number of rotatable bonds is 9. The molecule has 1 fully saturated rings. The van der Waals surface area contributed by atoms with Crippen molar-refractivity contribution >= 4 is 16.9 Å². The Balaban J connectivity index is 1.49. The van der Waals surface area contributed by atoms with Gasteiger partial charge in [0.2, 0.25) is 0 Å². The number of benzene rings is 2. The van der Waals surface area contributed by atoms with Gasteiger partial charge in [0, 0.05) is 66.5 Å². The SMILES string of the molecule is CC(CN1C(C)Cc2c([nH]c3ccccc23)C1c1c(F)cc(OC2CN(CCCF)C2)cc1F)C(=O)O. The van der Waals surface area contributed by atoms with Gasteiger partial charge in [-0.15, -0.1) is 0 Å². The molecule has 0 amide bonds. The van der Waals surface area contributed by atoms with Crippen LogP contribution in [0.2, 0.25) is 0 Å². The van der Waals surface area contributed by atoms with Crippen LogP contribution in [-0.2, 0) is 11.2 Å². The molecule has 37 heavy (non-hydrogen) atoms. The molecule has 0 saturated carbocycles. The molecule has 0 aliphatic carbocycles. The zero-order valence-corrected chi connectivity index (χ0v) is 21.0. The summed E-state index contributed by atoms with van der Waals surface area (Å²) in [6, 6.07) is 9.22. The number of nitrogens with one attached hydrogen (secondary N) is 1. The molecule has 2 aliphatic heterocycles. The van der Waals surface area contributed by atoms with E-state index < -0.39 is 29.6 Å². The Morgan fingerprint density at radius 1 is 1.22 bits per heavy atom. The number of carbonyl (C=O) groups is 1. The molecule has 3 aromatic rings. The summed E-state index contributed by atoms with van der Waals surface area (Å²) in [5.74, 6) is -3.04. The van der Waals surface area contributed by atoms with E-state index in [0.29, 0.717) is 38.2 Å². The number of alkyl halides is 1. The molecule has 0 bridgehead atoms. The number of aromatic amines is 1. The molecule has 198 valence electrons. The highest BCUT2D eigenvalue weighted by Gasteiger charge is 2.40. The molecule has 2 N–H and O–H groups in total. The fraction of sp³-hybridized carbons (Fsp3) is 0.464. The summed E-state index contributed by atoms with van der Waals surface area (Å²) in [6.07, 6.45) is 0.886. The van der Waals surface area contributed by atoms with E-state index >= 15 is 8.78 Å². The quantitative estimate of drug-likeness (QED) is 0.423. The van der Waals surface area contributed by atoms with Gasteiger partial charge in [0.1, 0.15) is 23.5 Å². The Kier molecular flexibility index (Phi) is 7.18. The van der Waals surface area contributed by atoms with E-state index in [-0.39, 0.29) is 36.7 Å². The number of para-hydroxylation sites is 1. The number of H-pyrrole nitrogens is 1. The topological polar surface area (TPSA) is 68.8 Å². The molecular formula is C28H32F3N3O3. The number of aromatic nitrogens is 1. The molecule has 1 aromatic heterocycles. The van der Waals surface area contributed by atoms with Crippen molar-refractivity contribution < 1.29 is 27.8 Å². The number of hydrogen-bond donors (Lipinski definition) is 2. The number of ether oxygens (including phenoxy) is 1. The molecule has 6 nitrogen and oxygen atoms in total. The van der Waals surface area contributed by atoms with Gasteiger partial charge in [0.15, 0.2) is 0 Å². The number of hydrogen-bond acceptors (Lipinski definition) is 4. The molecular weight excluding hydrogens is 483 g/mol. The molecule has 3 unspecified atom stereocenters. The standard InChI is InChI=1S/C28H32F3N3O3/c1-16(28(35)36)13-34-17(2)10-21-20-6-3-4-7-24(20)32-26(21)27(34)25-22(30)11-18(12-23(25)31)37-19-14-33(15-19)9-5-8-29/h3-4,6-7,11-12,16-17,19,27,32H,5,8-10,13-15H2,1-2H3,(H,35,36). The summed E-state index contributed by atoms with van der Waals surface area (Å²) in [4.78, 5) is 19.0. The number of nitrogens with zero attached hydrogens (tertiary/aromatic N) is 2. The predicted octanol–water partition coefficient (Wildman–Crippen LogP) is 4.93. The van der Waals surface area contributed by atoms with Crippen LogP contribution in [-0.4, -0.2) is 70.9 Å². The van der Waals surface area contributed by atoms with Gasteiger partial charge >= 0.3 is 5.97 Å². The first kappa shape index (κ1) is 25.6. The Morgan fingerprint density at radius 3 is 2.59 bits per heavy atom. The van der Waals surface area contributed by atoms with Crippen molar-refractivity contribution in [2.24, 2.45) is 5.92 Å². The molecule has 2 aromatic carbocycles. The maximum atomic E-state index is 15.7. The van der Waals surface area contributed by atoms with E-state index in [2.05, 4.69) is 4.98 Å². The van der Waals surface area contributed by atoms with Crippen molar-refractivity contribution in [2.45, 2.75) is 44.9 Å². The summed E-state index contributed by atoms with van der Waals surface area (Å²) in [7, 11) is 0. The molecule has 5 rings (SSSR count). The van der Waals surface area contributed by atoms with Crippen molar-refractivity contribution in [1.29, 1.82) is 0 Å². The Hall–Kier alpha value is -3.04. The second-order valence-corrected chi connectivity index (χ2v) is 10.3. The number of fused-ring (bicyclic) bond motifs is 3. The van der Waals surface area contributed by atoms with Crippen LogP contribution < -0.4 is 4.74 Å². The van der Waals surface area contributed by atoms with Crippen molar-refractivity contribution in [3.05, 3.63) is 64.9 Å². The van der Waals surface area contributed by atoms with E-state index in [0.717, 1.165) is 16.5 Å². The van der Waals surface area contributed by atoms with E-state index in [1.807, 2.05) is 41.0 Å². The number of likely N-dealkylation sites (tertiary alicyclic amines) is 1. The zero-order chi connectivity index (χ0) is 26.3. The van der Waals surface area contributed by atoms with Crippen LogP contribution in [0.15, 0.2) is 36.4 Å². The first-order valence-corrected chi connectivity index (χ1v) is 12.8. The lowest BCUT2D eigenvalue weighted by molar-refractivity contribution is -0.142. The van der Waals surface area contributed by atoms with Gasteiger partial charge in [-0.3, -0.25) is 19.0 Å². The lowest BCUT2D eigenvalue weighted by Gasteiger charge is -2.42. The third-order valence-corrected chi connectivity index (χ3v) is 7.58. The summed E-state index contributed by atoms with van der Waals surface area (Å²) in [5, 5.41) is 10.6. The monoisotopic (exact) mass is 515 g/mol. The average molecular weight is 516 g/mol. The van der Waals surface area contributed by atoms with Gasteiger partial charge in [0.05, 0.1) is 18.6 Å². The van der Waals surface area contributed by atoms with Crippen molar-refractivity contribution in [2.75, 3.05) is 32.9 Å². The van der Waals surface area contributed by atoms with Gasteiger partial charge in [0.25, 0.3) is 0 Å². The van der Waals surface area contributed by atoms with Gasteiger partial charge in [-0.1, -0.05) is 25.1 Å². The fourth-order valence-electron chi connectivity index (χ4n) is 5.64.